The lowest BCUT2D eigenvalue weighted by Crippen LogP contribution is -2.27. The third-order valence-electron chi connectivity index (χ3n) is 3.85. The minimum Gasteiger partial charge on any atom is -0.355 e. The van der Waals surface area contributed by atoms with Crippen LogP contribution in [0.25, 0.3) is 10.2 Å². The molecule has 0 saturated carbocycles. The Morgan fingerprint density at radius 2 is 2.41 bits per heavy atom. The zero-order valence-corrected chi connectivity index (χ0v) is 12.5. The lowest BCUT2D eigenvalue weighted by Gasteiger charge is -2.17. The fourth-order valence-corrected chi connectivity index (χ4v) is 3.59. The first kappa shape index (κ1) is 13.2. The van der Waals surface area contributed by atoms with Crippen LogP contribution in [-0.2, 0) is 4.79 Å². The second-order valence-electron chi connectivity index (χ2n) is 5.24. The summed E-state index contributed by atoms with van der Waals surface area (Å²) in [6.45, 7) is 1.50. The van der Waals surface area contributed by atoms with Crippen LogP contribution in [0.15, 0.2) is 30.2 Å². The summed E-state index contributed by atoms with van der Waals surface area (Å²) >= 11 is 1.63. The molecule has 7 nitrogen and oxygen atoms in total. The number of hydrogen-bond donors (Lipinski definition) is 2. The van der Waals surface area contributed by atoms with E-state index in [1.54, 1.807) is 30.1 Å². The number of carbonyl (C=O) groups excluding carboxylic acids is 1. The van der Waals surface area contributed by atoms with Gasteiger partial charge in [-0.25, -0.2) is 9.97 Å². The molecule has 112 valence electrons. The zero-order valence-electron chi connectivity index (χ0n) is 11.7. The predicted octanol–water partition coefficient (Wildman–Crippen LogP) is 1.88. The first-order valence-electron chi connectivity index (χ1n) is 7.04. The highest BCUT2D eigenvalue weighted by atomic mass is 32.1. The molecule has 1 atom stereocenters. The number of carbonyl (C=O) groups is 1. The first-order valence-corrected chi connectivity index (χ1v) is 7.92. The van der Waals surface area contributed by atoms with Gasteiger partial charge in [-0.2, -0.15) is 5.10 Å². The molecule has 1 unspecified atom stereocenters. The average Bonchev–Trinajstić information content (AvgIpc) is 3.27. The van der Waals surface area contributed by atoms with E-state index in [9.17, 15) is 4.79 Å². The van der Waals surface area contributed by atoms with Crippen molar-refractivity contribution in [3.8, 4) is 0 Å². The van der Waals surface area contributed by atoms with Crippen molar-refractivity contribution in [2.75, 3.05) is 23.3 Å². The Bertz CT molecular complexity index is 799. The van der Waals surface area contributed by atoms with Crippen molar-refractivity contribution >= 4 is 39.0 Å². The lowest BCUT2D eigenvalue weighted by atomic mass is 10.1. The number of aromatic nitrogens is 4. The molecule has 0 radical (unpaired) electrons. The van der Waals surface area contributed by atoms with Gasteiger partial charge in [0.25, 0.3) is 0 Å². The normalized spacial score (nSPS) is 18.0. The summed E-state index contributed by atoms with van der Waals surface area (Å²) in [5.41, 5.74) is 1.66. The van der Waals surface area contributed by atoms with Crippen molar-refractivity contribution in [3.63, 3.8) is 0 Å². The maximum absolute atomic E-state index is 12.3. The molecule has 4 rings (SSSR count). The van der Waals surface area contributed by atoms with E-state index >= 15 is 0 Å². The first-order chi connectivity index (χ1) is 10.8. The van der Waals surface area contributed by atoms with E-state index in [0.29, 0.717) is 12.2 Å². The van der Waals surface area contributed by atoms with Crippen molar-refractivity contribution in [3.05, 3.63) is 30.2 Å². The molecule has 0 aromatic carbocycles. The van der Waals surface area contributed by atoms with Gasteiger partial charge in [-0.1, -0.05) is 0 Å². The molecule has 22 heavy (non-hydrogen) atoms. The average molecular weight is 314 g/mol. The SMILES string of the molecule is O=C(Nc1cn[nH]c1)C1CCN(c2ncnc3ccsc23)C1. The number of anilines is 2. The van der Waals surface area contributed by atoms with E-state index in [0.717, 1.165) is 29.0 Å². The molecular formula is C14H14N6OS. The maximum Gasteiger partial charge on any atom is 0.229 e. The van der Waals surface area contributed by atoms with Crippen molar-refractivity contribution in [2.45, 2.75) is 6.42 Å². The van der Waals surface area contributed by atoms with Gasteiger partial charge in [-0.15, -0.1) is 11.3 Å². The minimum atomic E-state index is -0.0418. The number of amides is 1. The molecule has 1 aliphatic heterocycles. The van der Waals surface area contributed by atoms with Crippen molar-refractivity contribution < 1.29 is 4.79 Å². The summed E-state index contributed by atoms with van der Waals surface area (Å²) < 4.78 is 1.08. The van der Waals surface area contributed by atoms with Gasteiger partial charge in [-0.3, -0.25) is 9.89 Å². The van der Waals surface area contributed by atoms with Crippen molar-refractivity contribution in [1.29, 1.82) is 0 Å². The fraction of sp³-hybridized carbons (Fsp3) is 0.286. The number of nitrogens with zero attached hydrogens (tertiary/aromatic N) is 4. The molecular weight excluding hydrogens is 300 g/mol. The van der Waals surface area contributed by atoms with Crippen LogP contribution < -0.4 is 10.2 Å². The van der Waals surface area contributed by atoms with Crippen molar-refractivity contribution in [2.24, 2.45) is 5.92 Å². The number of thiophene rings is 1. The van der Waals surface area contributed by atoms with E-state index in [-0.39, 0.29) is 11.8 Å². The summed E-state index contributed by atoms with van der Waals surface area (Å²) in [6.07, 6.45) is 5.68. The molecule has 0 spiro atoms. The maximum atomic E-state index is 12.3. The number of H-pyrrole nitrogens is 1. The van der Waals surface area contributed by atoms with Gasteiger partial charge < -0.3 is 10.2 Å². The number of nitrogens with one attached hydrogen (secondary N) is 2. The monoisotopic (exact) mass is 314 g/mol. The second-order valence-corrected chi connectivity index (χ2v) is 6.16. The summed E-state index contributed by atoms with van der Waals surface area (Å²) in [6, 6.07) is 1.99. The Balaban J connectivity index is 1.50. The second kappa shape index (κ2) is 5.38. The minimum absolute atomic E-state index is 0.0281. The van der Waals surface area contributed by atoms with E-state index < -0.39 is 0 Å². The number of aromatic amines is 1. The molecule has 3 aromatic heterocycles. The van der Waals surface area contributed by atoms with Gasteiger partial charge in [0.05, 0.1) is 28.0 Å². The molecule has 1 fully saturated rings. The van der Waals surface area contributed by atoms with Gasteiger partial charge in [0, 0.05) is 19.3 Å². The molecule has 0 aliphatic carbocycles. The highest BCUT2D eigenvalue weighted by molar-refractivity contribution is 7.17. The molecule has 1 aliphatic rings. The predicted molar refractivity (Wildman–Crippen MR) is 85.0 cm³/mol. The quantitative estimate of drug-likeness (QED) is 0.771. The Labute approximate surface area is 130 Å². The molecule has 4 heterocycles. The van der Waals surface area contributed by atoms with Gasteiger partial charge in [0.2, 0.25) is 5.91 Å². The third kappa shape index (κ3) is 2.31. The van der Waals surface area contributed by atoms with E-state index in [4.69, 9.17) is 0 Å². The van der Waals surface area contributed by atoms with E-state index in [2.05, 4.69) is 30.4 Å². The number of rotatable bonds is 3. The van der Waals surface area contributed by atoms with Crippen LogP contribution in [0.2, 0.25) is 0 Å². The smallest absolute Gasteiger partial charge is 0.229 e. The molecule has 8 heteroatoms. The topological polar surface area (TPSA) is 86.8 Å². The Morgan fingerprint density at radius 3 is 3.27 bits per heavy atom. The van der Waals surface area contributed by atoms with Crippen LogP contribution in [0.5, 0.6) is 0 Å². The molecule has 1 saturated heterocycles. The summed E-state index contributed by atoms with van der Waals surface area (Å²) in [5.74, 6) is 0.916. The Kier molecular flexibility index (Phi) is 3.23. The van der Waals surface area contributed by atoms with Gasteiger partial charge in [-0.05, 0) is 17.9 Å². The van der Waals surface area contributed by atoms with Crippen LogP contribution in [0, 0.1) is 5.92 Å². The Morgan fingerprint density at radius 1 is 1.45 bits per heavy atom. The number of fused-ring (bicyclic) bond motifs is 1. The molecule has 3 aromatic rings. The third-order valence-corrected chi connectivity index (χ3v) is 4.75. The fourth-order valence-electron chi connectivity index (χ4n) is 2.73. The van der Waals surface area contributed by atoms with E-state index in [1.807, 2.05) is 11.4 Å². The summed E-state index contributed by atoms with van der Waals surface area (Å²) in [7, 11) is 0. The largest absolute Gasteiger partial charge is 0.355 e. The van der Waals surface area contributed by atoms with Gasteiger partial charge in [0.15, 0.2) is 0 Å². The van der Waals surface area contributed by atoms with Crippen LogP contribution in [0.4, 0.5) is 11.5 Å². The zero-order chi connectivity index (χ0) is 14.9. The molecule has 1 amide bonds. The van der Waals surface area contributed by atoms with Crippen LogP contribution in [-0.4, -0.2) is 39.2 Å². The Hall–Kier alpha value is -2.48. The standard InChI is InChI=1S/C14H14N6OS/c21-14(19-10-5-17-18-6-10)9-1-3-20(7-9)13-12-11(2-4-22-12)15-8-16-13/h2,4-6,8-9H,1,3,7H2,(H,17,18)(H,19,21). The highest BCUT2D eigenvalue weighted by Gasteiger charge is 2.30. The van der Waals surface area contributed by atoms with Crippen LogP contribution in [0.1, 0.15) is 6.42 Å². The van der Waals surface area contributed by atoms with Gasteiger partial charge >= 0.3 is 0 Å². The van der Waals surface area contributed by atoms with Crippen LogP contribution >= 0.6 is 11.3 Å². The lowest BCUT2D eigenvalue weighted by molar-refractivity contribution is -0.119. The highest BCUT2D eigenvalue weighted by Crippen LogP contribution is 2.31. The molecule has 0 bridgehead atoms. The molecule has 2 N–H and O–H groups in total. The van der Waals surface area contributed by atoms with Crippen molar-refractivity contribution in [1.82, 2.24) is 20.2 Å². The van der Waals surface area contributed by atoms with Gasteiger partial charge in [0.1, 0.15) is 12.1 Å². The summed E-state index contributed by atoms with van der Waals surface area (Å²) in [4.78, 5) is 23.1. The number of hydrogen-bond acceptors (Lipinski definition) is 6. The van der Waals surface area contributed by atoms with Crippen LogP contribution in [0.3, 0.4) is 0 Å². The summed E-state index contributed by atoms with van der Waals surface area (Å²) in [5, 5.41) is 11.4. The van der Waals surface area contributed by atoms with E-state index in [1.165, 1.54) is 0 Å².